The van der Waals surface area contributed by atoms with Gasteiger partial charge in [-0.15, -0.1) is 0 Å². The highest BCUT2D eigenvalue weighted by Gasteiger charge is 2.14. The first-order chi connectivity index (χ1) is 11.4. The van der Waals surface area contributed by atoms with Crippen LogP contribution in [0, 0.1) is 0 Å². The van der Waals surface area contributed by atoms with Gasteiger partial charge >= 0.3 is 0 Å². The van der Waals surface area contributed by atoms with Gasteiger partial charge in [0.25, 0.3) is 0 Å². The molecule has 5 N–H and O–H groups in total. The fourth-order valence-corrected chi connectivity index (χ4v) is 2.07. The molecule has 24 heavy (non-hydrogen) atoms. The molecule has 0 bridgehead atoms. The van der Waals surface area contributed by atoms with Crippen molar-refractivity contribution in [2.24, 2.45) is 5.73 Å². The number of hydrogen-bond donors (Lipinski definition) is 4. The van der Waals surface area contributed by atoms with E-state index in [1.807, 2.05) is 7.05 Å². The van der Waals surface area contributed by atoms with Gasteiger partial charge in [0.1, 0.15) is 0 Å². The van der Waals surface area contributed by atoms with E-state index in [0.29, 0.717) is 25.6 Å². The molecule has 0 aromatic carbocycles. The van der Waals surface area contributed by atoms with E-state index in [0.717, 1.165) is 32.5 Å². The molecule has 0 fully saturated rings. The van der Waals surface area contributed by atoms with Gasteiger partial charge in [-0.25, -0.2) is 0 Å². The van der Waals surface area contributed by atoms with Crippen molar-refractivity contribution in [3.05, 3.63) is 0 Å². The highest BCUT2D eigenvalue weighted by Crippen LogP contribution is 1.95. The molecule has 0 radical (unpaired) electrons. The maximum absolute atomic E-state index is 11.8. The average molecular weight is 344 g/mol. The first kappa shape index (κ1) is 22.8. The topological polar surface area (TPSA) is 99.5 Å². The summed E-state index contributed by atoms with van der Waals surface area (Å²) in [5.41, 5.74) is 5.80. The van der Waals surface area contributed by atoms with Crippen molar-refractivity contribution in [1.29, 1.82) is 0 Å². The molecule has 0 saturated heterocycles. The van der Waals surface area contributed by atoms with Crippen molar-refractivity contribution in [3.8, 4) is 0 Å². The van der Waals surface area contributed by atoms with Crippen molar-refractivity contribution in [2.75, 3.05) is 39.8 Å². The number of carbonyl (C=O) groups is 2. The summed E-state index contributed by atoms with van der Waals surface area (Å²) in [7, 11) is 2.03. The maximum atomic E-state index is 11.8. The summed E-state index contributed by atoms with van der Waals surface area (Å²) in [6.45, 7) is 10.2. The monoisotopic (exact) mass is 343 g/mol. The van der Waals surface area contributed by atoms with Crippen LogP contribution in [0.3, 0.4) is 0 Å². The zero-order valence-corrected chi connectivity index (χ0v) is 15.9. The molecule has 0 spiro atoms. The number of carbonyl (C=O) groups excluding carboxylic acids is 2. The third-order valence-electron chi connectivity index (χ3n) is 3.71. The number of nitrogens with two attached hydrogens (primary N) is 1. The second-order valence-electron chi connectivity index (χ2n) is 6.55. The predicted molar refractivity (Wildman–Crippen MR) is 98.8 cm³/mol. The van der Waals surface area contributed by atoms with E-state index in [1.54, 1.807) is 0 Å². The van der Waals surface area contributed by atoms with Gasteiger partial charge in [-0.3, -0.25) is 9.59 Å². The van der Waals surface area contributed by atoms with Gasteiger partial charge in [0.15, 0.2) is 0 Å². The second kappa shape index (κ2) is 14.2. The summed E-state index contributed by atoms with van der Waals surface area (Å²) in [5, 5.41) is 9.01. The van der Waals surface area contributed by atoms with Crippen molar-refractivity contribution in [3.63, 3.8) is 0 Å². The molecule has 2 amide bonds. The van der Waals surface area contributed by atoms with Crippen molar-refractivity contribution in [1.82, 2.24) is 20.9 Å². The summed E-state index contributed by atoms with van der Waals surface area (Å²) in [6.07, 6.45) is 2.62. The SMILES string of the molecule is CCCCNC(=O)[C@@H](N)CCC(=O)NCCN(C)CCNC(C)C. The largest absolute Gasteiger partial charge is 0.355 e. The third kappa shape index (κ3) is 13.3. The van der Waals surface area contributed by atoms with E-state index >= 15 is 0 Å². The molecule has 7 heteroatoms. The summed E-state index contributed by atoms with van der Waals surface area (Å²) in [4.78, 5) is 25.7. The van der Waals surface area contributed by atoms with Crippen LogP contribution >= 0.6 is 0 Å². The lowest BCUT2D eigenvalue weighted by Crippen LogP contribution is -2.42. The smallest absolute Gasteiger partial charge is 0.236 e. The molecule has 0 saturated carbocycles. The normalized spacial score (nSPS) is 12.5. The van der Waals surface area contributed by atoms with Crippen LogP contribution in [0.2, 0.25) is 0 Å². The molecule has 0 aliphatic carbocycles. The van der Waals surface area contributed by atoms with Crippen LogP contribution < -0.4 is 21.7 Å². The number of rotatable bonds is 14. The van der Waals surface area contributed by atoms with Gasteiger partial charge in [-0.1, -0.05) is 27.2 Å². The Morgan fingerprint density at radius 1 is 1.08 bits per heavy atom. The quantitative estimate of drug-likeness (QED) is 0.334. The minimum atomic E-state index is -0.614. The van der Waals surface area contributed by atoms with Crippen LogP contribution in [-0.2, 0) is 9.59 Å². The molecule has 0 aromatic heterocycles. The van der Waals surface area contributed by atoms with Gasteiger partial charge in [0.05, 0.1) is 6.04 Å². The molecule has 0 rings (SSSR count). The highest BCUT2D eigenvalue weighted by molar-refractivity contribution is 5.82. The van der Waals surface area contributed by atoms with Gasteiger partial charge in [0.2, 0.25) is 11.8 Å². The predicted octanol–water partition coefficient (Wildman–Crippen LogP) is 0.0562. The van der Waals surface area contributed by atoms with E-state index in [4.69, 9.17) is 5.73 Å². The lowest BCUT2D eigenvalue weighted by molar-refractivity contribution is -0.123. The van der Waals surface area contributed by atoms with Crippen LogP contribution in [-0.4, -0.2) is 68.6 Å². The maximum Gasteiger partial charge on any atom is 0.236 e. The minimum absolute atomic E-state index is 0.0551. The molecule has 0 aliphatic rings. The average Bonchev–Trinajstić information content (AvgIpc) is 2.52. The molecule has 0 aromatic rings. The fraction of sp³-hybridized carbons (Fsp3) is 0.882. The summed E-state index contributed by atoms with van der Waals surface area (Å²) in [6, 6.07) is -0.126. The van der Waals surface area contributed by atoms with Gasteiger partial charge in [0, 0.05) is 45.2 Å². The molecular weight excluding hydrogens is 306 g/mol. The van der Waals surface area contributed by atoms with E-state index in [1.165, 1.54) is 0 Å². The second-order valence-corrected chi connectivity index (χ2v) is 6.55. The van der Waals surface area contributed by atoms with E-state index in [2.05, 4.69) is 41.6 Å². The summed E-state index contributed by atoms with van der Waals surface area (Å²) >= 11 is 0. The van der Waals surface area contributed by atoms with Gasteiger partial charge in [-0.2, -0.15) is 0 Å². The van der Waals surface area contributed by atoms with Crippen LogP contribution in [0.25, 0.3) is 0 Å². The number of nitrogens with zero attached hydrogens (tertiary/aromatic N) is 1. The number of amides is 2. The van der Waals surface area contributed by atoms with Crippen LogP contribution in [0.1, 0.15) is 46.5 Å². The fourth-order valence-electron chi connectivity index (χ4n) is 2.07. The Morgan fingerprint density at radius 3 is 2.38 bits per heavy atom. The number of hydrogen-bond acceptors (Lipinski definition) is 5. The summed E-state index contributed by atoms with van der Waals surface area (Å²) in [5.74, 6) is -0.228. The first-order valence-electron chi connectivity index (χ1n) is 9.08. The van der Waals surface area contributed by atoms with Gasteiger partial charge in [-0.05, 0) is 19.9 Å². The lowest BCUT2D eigenvalue weighted by atomic mass is 10.1. The highest BCUT2D eigenvalue weighted by atomic mass is 16.2. The van der Waals surface area contributed by atoms with E-state index in [9.17, 15) is 9.59 Å². The molecule has 0 unspecified atom stereocenters. The van der Waals surface area contributed by atoms with Crippen molar-refractivity contribution in [2.45, 2.75) is 58.5 Å². The Bertz CT molecular complexity index is 350. The Morgan fingerprint density at radius 2 is 1.75 bits per heavy atom. The Hall–Kier alpha value is -1.18. The third-order valence-corrected chi connectivity index (χ3v) is 3.71. The zero-order chi connectivity index (χ0) is 18.4. The Labute approximate surface area is 147 Å². The van der Waals surface area contributed by atoms with Crippen LogP contribution in [0.5, 0.6) is 0 Å². The standard InChI is InChI=1S/C17H37N5O2/c1-5-6-9-21-17(24)15(18)7-8-16(23)20-11-13-22(4)12-10-19-14(2)3/h14-15,19H,5-13,18H2,1-4H3,(H,20,23)(H,21,24)/t15-/m0/s1. The number of nitrogens with one attached hydrogen (secondary N) is 3. The molecule has 142 valence electrons. The Kier molecular flexibility index (Phi) is 13.5. The van der Waals surface area contributed by atoms with Gasteiger partial charge < -0.3 is 26.6 Å². The minimum Gasteiger partial charge on any atom is -0.355 e. The van der Waals surface area contributed by atoms with Crippen LogP contribution in [0.4, 0.5) is 0 Å². The number of likely N-dealkylation sites (N-methyl/N-ethyl adjacent to an activating group) is 1. The lowest BCUT2D eigenvalue weighted by Gasteiger charge is -2.18. The zero-order valence-electron chi connectivity index (χ0n) is 15.9. The van der Waals surface area contributed by atoms with E-state index < -0.39 is 6.04 Å². The van der Waals surface area contributed by atoms with Crippen molar-refractivity contribution < 1.29 is 9.59 Å². The van der Waals surface area contributed by atoms with E-state index in [-0.39, 0.29) is 18.2 Å². The van der Waals surface area contributed by atoms with Crippen molar-refractivity contribution >= 4 is 11.8 Å². The molecule has 7 nitrogen and oxygen atoms in total. The Balaban J connectivity index is 3.69. The number of unbranched alkanes of at least 4 members (excludes halogenated alkanes) is 1. The molecular formula is C17H37N5O2. The first-order valence-corrected chi connectivity index (χ1v) is 9.08. The summed E-state index contributed by atoms with van der Waals surface area (Å²) < 4.78 is 0. The molecule has 0 aliphatic heterocycles. The van der Waals surface area contributed by atoms with Crippen LogP contribution in [0.15, 0.2) is 0 Å². The molecule has 0 heterocycles. The molecule has 1 atom stereocenters.